The summed E-state index contributed by atoms with van der Waals surface area (Å²) in [5, 5.41) is 3.27. The smallest absolute Gasteiger partial charge is 0.224 e. The Morgan fingerprint density at radius 3 is 2.43 bits per heavy atom. The van der Waals surface area contributed by atoms with E-state index < -0.39 is 10.0 Å². The molecule has 0 atom stereocenters. The maximum Gasteiger partial charge on any atom is 0.224 e. The predicted octanol–water partition coefficient (Wildman–Crippen LogP) is 1.42. The lowest BCUT2D eigenvalue weighted by Crippen LogP contribution is -2.36. The number of rotatable bonds is 6. The van der Waals surface area contributed by atoms with E-state index in [0.717, 1.165) is 18.4 Å². The molecule has 1 saturated heterocycles. The van der Waals surface area contributed by atoms with Crippen LogP contribution in [-0.2, 0) is 21.2 Å². The number of carbonyl (C=O) groups excluding carboxylic acids is 1. The van der Waals surface area contributed by atoms with E-state index in [1.165, 1.54) is 4.31 Å². The molecule has 0 bridgehead atoms. The van der Waals surface area contributed by atoms with Crippen LogP contribution in [0.4, 0.5) is 0 Å². The van der Waals surface area contributed by atoms with Crippen LogP contribution in [0, 0.1) is 0 Å². The van der Waals surface area contributed by atoms with Crippen molar-refractivity contribution < 1.29 is 13.2 Å². The summed E-state index contributed by atoms with van der Waals surface area (Å²) in [6.45, 7) is 1.34. The lowest BCUT2D eigenvalue weighted by Gasteiger charge is -2.15. The summed E-state index contributed by atoms with van der Waals surface area (Å²) in [5.41, 5.74) is 0.847. The highest BCUT2D eigenvalue weighted by atomic mass is 35.5. The monoisotopic (exact) mass is 330 g/mol. The number of carbonyl (C=O) groups is 1. The highest BCUT2D eigenvalue weighted by Gasteiger charge is 2.24. The molecule has 1 N–H and O–H groups in total. The van der Waals surface area contributed by atoms with Gasteiger partial charge in [-0.2, -0.15) is 0 Å². The van der Waals surface area contributed by atoms with Crippen molar-refractivity contribution in [1.82, 2.24) is 9.62 Å². The van der Waals surface area contributed by atoms with Crippen LogP contribution in [0.5, 0.6) is 0 Å². The van der Waals surface area contributed by atoms with Gasteiger partial charge in [0.2, 0.25) is 15.9 Å². The van der Waals surface area contributed by atoms with Crippen LogP contribution < -0.4 is 5.32 Å². The third-order valence-electron chi connectivity index (χ3n) is 3.42. The summed E-state index contributed by atoms with van der Waals surface area (Å²) in [6, 6.07) is 7.01. The molecule has 1 aliphatic heterocycles. The Morgan fingerprint density at radius 2 is 1.81 bits per heavy atom. The first-order valence-electron chi connectivity index (χ1n) is 6.96. The number of hydrogen-bond acceptors (Lipinski definition) is 3. The van der Waals surface area contributed by atoms with Gasteiger partial charge in [-0.3, -0.25) is 4.79 Å². The standard InChI is InChI=1S/C14H19ClN2O3S/c15-13-5-3-12(4-6-13)11-14(18)16-7-10-21(19,20)17-8-1-2-9-17/h3-6H,1-2,7-11H2,(H,16,18). The molecule has 0 unspecified atom stereocenters. The zero-order valence-electron chi connectivity index (χ0n) is 11.7. The van der Waals surface area contributed by atoms with Gasteiger partial charge in [0, 0.05) is 24.7 Å². The molecular weight excluding hydrogens is 312 g/mol. The Labute approximate surface area is 130 Å². The van der Waals surface area contributed by atoms with Gasteiger partial charge in [-0.05, 0) is 30.5 Å². The highest BCUT2D eigenvalue weighted by Crippen LogP contribution is 2.12. The Hall–Kier alpha value is -1.11. The summed E-state index contributed by atoms with van der Waals surface area (Å²) >= 11 is 5.77. The van der Waals surface area contributed by atoms with E-state index >= 15 is 0 Å². The van der Waals surface area contributed by atoms with Gasteiger partial charge in [-0.15, -0.1) is 0 Å². The summed E-state index contributed by atoms with van der Waals surface area (Å²) in [5.74, 6) is -0.228. The van der Waals surface area contributed by atoms with Crippen molar-refractivity contribution in [3.05, 3.63) is 34.9 Å². The van der Waals surface area contributed by atoms with Crippen molar-refractivity contribution in [2.45, 2.75) is 19.3 Å². The van der Waals surface area contributed by atoms with Crippen LogP contribution in [0.1, 0.15) is 18.4 Å². The first kappa shape index (κ1) is 16.3. The Balaban J connectivity index is 1.75. The Bertz CT molecular complexity index is 581. The fourth-order valence-electron chi connectivity index (χ4n) is 2.26. The average Bonchev–Trinajstić information content (AvgIpc) is 2.96. The maximum absolute atomic E-state index is 12.0. The van der Waals surface area contributed by atoms with Gasteiger partial charge in [0.05, 0.1) is 12.2 Å². The second-order valence-electron chi connectivity index (χ2n) is 5.08. The number of hydrogen-bond donors (Lipinski definition) is 1. The molecular formula is C14H19ClN2O3S. The van der Waals surface area contributed by atoms with Crippen molar-refractivity contribution in [2.75, 3.05) is 25.4 Å². The molecule has 1 aliphatic rings. The summed E-state index contributed by atoms with van der Waals surface area (Å²) in [6.07, 6.45) is 2.06. The number of benzene rings is 1. The van der Waals surface area contributed by atoms with E-state index in [2.05, 4.69) is 5.32 Å². The molecule has 1 fully saturated rings. The van der Waals surface area contributed by atoms with Crippen molar-refractivity contribution in [2.24, 2.45) is 0 Å². The molecule has 1 aromatic rings. The van der Waals surface area contributed by atoms with Crippen molar-refractivity contribution >= 4 is 27.5 Å². The number of nitrogens with one attached hydrogen (secondary N) is 1. The quantitative estimate of drug-likeness (QED) is 0.858. The van der Waals surface area contributed by atoms with Gasteiger partial charge in [-0.1, -0.05) is 23.7 Å². The molecule has 0 radical (unpaired) electrons. The van der Waals surface area contributed by atoms with Crippen LogP contribution in [0.25, 0.3) is 0 Å². The number of halogens is 1. The first-order valence-corrected chi connectivity index (χ1v) is 8.95. The second-order valence-corrected chi connectivity index (χ2v) is 7.60. The van der Waals surface area contributed by atoms with Crippen molar-refractivity contribution in [3.8, 4) is 0 Å². The maximum atomic E-state index is 12.0. The minimum absolute atomic E-state index is 0.0423. The minimum atomic E-state index is -3.23. The fraction of sp³-hybridized carbons (Fsp3) is 0.500. The SMILES string of the molecule is O=C(Cc1ccc(Cl)cc1)NCCS(=O)(=O)N1CCCC1. The summed E-state index contributed by atoms with van der Waals surface area (Å²) in [7, 11) is -3.23. The van der Waals surface area contributed by atoms with Crippen molar-refractivity contribution in [1.29, 1.82) is 0 Å². The molecule has 1 amide bonds. The van der Waals surface area contributed by atoms with Gasteiger partial charge in [0.15, 0.2) is 0 Å². The number of nitrogens with zero attached hydrogens (tertiary/aromatic N) is 1. The lowest BCUT2D eigenvalue weighted by molar-refractivity contribution is -0.120. The van der Waals surface area contributed by atoms with Gasteiger partial charge < -0.3 is 5.32 Å². The Kier molecular flexibility index (Phi) is 5.61. The van der Waals surface area contributed by atoms with Crippen LogP contribution in [0.2, 0.25) is 5.02 Å². The van der Waals surface area contributed by atoms with Crippen LogP contribution in [-0.4, -0.2) is 44.0 Å². The molecule has 0 aliphatic carbocycles. The molecule has 5 nitrogen and oxygen atoms in total. The van der Waals surface area contributed by atoms with E-state index in [0.29, 0.717) is 18.1 Å². The van der Waals surface area contributed by atoms with Gasteiger partial charge in [-0.25, -0.2) is 12.7 Å². The largest absolute Gasteiger partial charge is 0.355 e. The lowest BCUT2D eigenvalue weighted by atomic mass is 10.1. The van der Waals surface area contributed by atoms with E-state index in [1.807, 2.05) is 0 Å². The highest BCUT2D eigenvalue weighted by molar-refractivity contribution is 7.89. The van der Waals surface area contributed by atoms with Gasteiger partial charge >= 0.3 is 0 Å². The molecule has 0 saturated carbocycles. The topological polar surface area (TPSA) is 66.5 Å². The molecule has 0 spiro atoms. The van der Waals surface area contributed by atoms with E-state index in [4.69, 9.17) is 11.6 Å². The van der Waals surface area contributed by atoms with Crippen LogP contribution in [0.15, 0.2) is 24.3 Å². The summed E-state index contributed by atoms with van der Waals surface area (Å²) in [4.78, 5) is 11.8. The van der Waals surface area contributed by atoms with Crippen LogP contribution >= 0.6 is 11.6 Å². The number of sulfonamides is 1. The summed E-state index contributed by atoms with van der Waals surface area (Å²) < 4.78 is 25.4. The first-order chi connectivity index (χ1) is 9.97. The molecule has 7 heteroatoms. The predicted molar refractivity (Wildman–Crippen MR) is 82.8 cm³/mol. The Morgan fingerprint density at radius 1 is 1.19 bits per heavy atom. The average molecular weight is 331 g/mol. The molecule has 2 rings (SSSR count). The van der Waals surface area contributed by atoms with E-state index in [9.17, 15) is 13.2 Å². The molecule has 0 aromatic heterocycles. The zero-order chi connectivity index (χ0) is 15.3. The zero-order valence-corrected chi connectivity index (χ0v) is 13.3. The second kappa shape index (κ2) is 7.24. The normalized spacial score (nSPS) is 16.0. The molecule has 21 heavy (non-hydrogen) atoms. The molecule has 1 heterocycles. The van der Waals surface area contributed by atoms with Crippen molar-refractivity contribution in [3.63, 3.8) is 0 Å². The third-order valence-corrected chi connectivity index (χ3v) is 5.54. The molecule has 116 valence electrons. The van der Waals surface area contributed by atoms with Gasteiger partial charge in [0.25, 0.3) is 0 Å². The molecule has 1 aromatic carbocycles. The van der Waals surface area contributed by atoms with Crippen LogP contribution in [0.3, 0.4) is 0 Å². The van der Waals surface area contributed by atoms with E-state index in [-0.39, 0.29) is 24.6 Å². The fourth-order valence-corrected chi connectivity index (χ4v) is 3.82. The third kappa shape index (κ3) is 4.98. The van der Waals surface area contributed by atoms with E-state index in [1.54, 1.807) is 24.3 Å². The minimum Gasteiger partial charge on any atom is -0.355 e. The number of amides is 1. The van der Waals surface area contributed by atoms with Gasteiger partial charge in [0.1, 0.15) is 0 Å².